The van der Waals surface area contributed by atoms with Gasteiger partial charge in [0.2, 0.25) is 0 Å². The second-order valence-electron chi connectivity index (χ2n) is 6.38. The fraction of sp³-hybridized carbons (Fsp3) is 0.217. The van der Waals surface area contributed by atoms with Crippen LogP contribution in [0.4, 0.5) is 8.78 Å². The Balaban J connectivity index is 2.04. The number of rotatable bonds is 6. The summed E-state index contributed by atoms with van der Waals surface area (Å²) in [5, 5.41) is 1.05. The van der Waals surface area contributed by atoms with Crippen LogP contribution in [-0.2, 0) is 12.8 Å². The number of allylic oxidation sites excluding steroid dienone is 1. The predicted octanol–water partition coefficient (Wildman–Crippen LogP) is 6.86. The van der Waals surface area contributed by atoms with Crippen LogP contribution in [0.1, 0.15) is 30.9 Å². The molecule has 0 aliphatic heterocycles. The summed E-state index contributed by atoms with van der Waals surface area (Å²) in [5.41, 5.74) is 3.21. The van der Waals surface area contributed by atoms with E-state index in [9.17, 15) is 8.78 Å². The largest absolute Gasteiger partial charge is 0.203 e. The Morgan fingerprint density at radius 1 is 0.880 bits per heavy atom. The van der Waals surface area contributed by atoms with Crippen LogP contribution >= 0.6 is 0 Å². The molecule has 0 radical (unpaired) electrons. The van der Waals surface area contributed by atoms with Crippen LogP contribution in [0.5, 0.6) is 0 Å². The van der Waals surface area contributed by atoms with Gasteiger partial charge >= 0.3 is 0 Å². The second-order valence-corrected chi connectivity index (χ2v) is 6.38. The number of fused-ring (bicyclic) bond motifs is 1. The van der Waals surface area contributed by atoms with E-state index in [1.165, 1.54) is 5.56 Å². The van der Waals surface area contributed by atoms with Gasteiger partial charge < -0.3 is 0 Å². The summed E-state index contributed by atoms with van der Waals surface area (Å²) in [6, 6.07) is 15.0. The van der Waals surface area contributed by atoms with Crippen molar-refractivity contribution in [3.8, 4) is 11.1 Å². The molecule has 0 spiro atoms. The lowest BCUT2D eigenvalue weighted by Crippen LogP contribution is -1.94. The third kappa shape index (κ3) is 3.63. The van der Waals surface area contributed by atoms with Crippen LogP contribution < -0.4 is 0 Å². The molecule has 0 saturated carbocycles. The number of benzene rings is 3. The average molecular weight is 336 g/mol. The van der Waals surface area contributed by atoms with Gasteiger partial charge in [-0.15, -0.1) is 6.58 Å². The maximum Gasteiger partial charge on any atom is 0.167 e. The molecule has 0 atom stereocenters. The van der Waals surface area contributed by atoms with Crippen molar-refractivity contribution >= 4 is 10.8 Å². The molecule has 0 saturated heterocycles. The molecule has 0 N–H and O–H groups in total. The first-order chi connectivity index (χ1) is 12.1. The first-order valence-electron chi connectivity index (χ1n) is 8.75. The zero-order valence-electron chi connectivity index (χ0n) is 14.5. The quantitative estimate of drug-likeness (QED) is 0.431. The highest BCUT2D eigenvalue weighted by atomic mass is 19.2. The Bertz CT molecular complexity index is 892. The number of halogens is 2. The molecule has 0 aliphatic rings. The minimum Gasteiger partial charge on any atom is -0.203 e. The Morgan fingerprint density at radius 3 is 2.28 bits per heavy atom. The summed E-state index contributed by atoms with van der Waals surface area (Å²) in [5.74, 6) is -1.55. The van der Waals surface area contributed by atoms with Crippen molar-refractivity contribution in [3.63, 3.8) is 0 Å². The van der Waals surface area contributed by atoms with E-state index in [-0.39, 0.29) is 0 Å². The monoisotopic (exact) mass is 336 g/mol. The van der Waals surface area contributed by atoms with Crippen molar-refractivity contribution in [2.75, 3.05) is 0 Å². The van der Waals surface area contributed by atoms with Crippen molar-refractivity contribution < 1.29 is 8.78 Å². The molecule has 0 aliphatic carbocycles. The first-order valence-corrected chi connectivity index (χ1v) is 8.75. The summed E-state index contributed by atoms with van der Waals surface area (Å²) in [7, 11) is 0. The molecule has 128 valence electrons. The van der Waals surface area contributed by atoms with Gasteiger partial charge in [-0.25, -0.2) is 8.78 Å². The molecule has 3 aromatic carbocycles. The van der Waals surface area contributed by atoms with Crippen molar-refractivity contribution in [1.82, 2.24) is 0 Å². The van der Waals surface area contributed by atoms with Gasteiger partial charge in [-0.05, 0) is 53.5 Å². The van der Waals surface area contributed by atoms with Crippen LogP contribution in [0.2, 0.25) is 0 Å². The normalized spacial score (nSPS) is 11.0. The van der Waals surface area contributed by atoms with Crippen LogP contribution in [-0.4, -0.2) is 0 Å². The third-order valence-electron chi connectivity index (χ3n) is 4.52. The molecule has 0 bridgehead atoms. The highest BCUT2D eigenvalue weighted by Crippen LogP contribution is 2.31. The number of hydrogen-bond acceptors (Lipinski definition) is 0. The van der Waals surface area contributed by atoms with E-state index in [2.05, 4.69) is 13.5 Å². The zero-order chi connectivity index (χ0) is 17.8. The van der Waals surface area contributed by atoms with E-state index >= 15 is 0 Å². The Labute approximate surface area is 147 Å². The number of aryl methyl sites for hydroxylation is 2. The molecule has 0 heterocycles. The molecule has 0 unspecified atom stereocenters. The van der Waals surface area contributed by atoms with Crippen LogP contribution in [0.25, 0.3) is 21.9 Å². The van der Waals surface area contributed by atoms with Crippen molar-refractivity contribution in [1.29, 1.82) is 0 Å². The van der Waals surface area contributed by atoms with Gasteiger partial charge in [-0.1, -0.05) is 55.8 Å². The lowest BCUT2D eigenvalue weighted by Gasteiger charge is -2.10. The zero-order valence-corrected chi connectivity index (χ0v) is 14.5. The lowest BCUT2D eigenvalue weighted by atomic mass is 9.96. The highest BCUT2D eigenvalue weighted by molar-refractivity contribution is 5.89. The molecular formula is C23H22F2. The van der Waals surface area contributed by atoms with Gasteiger partial charge in [-0.3, -0.25) is 0 Å². The standard InChI is InChI=1S/C23H22F2/c1-3-5-7-17-10-13-19-15-21(23(25)22(24)20(19)14-17)18-11-8-16(6-4-2)9-12-18/h3,8-15H,1,4-7H2,2H3. The second kappa shape index (κ2) is 7.60. The Kier molecular flexibility index (Phi) is 5.28. The van der Waals surface area contributed by atoms with Gasteiger partial charge in [-0.2, -0.15) is 0 Å². The molecule has 0 nitrogen and oxygen atoms in total. The molecule has 25 heavy (non-hydrogen) atoms. The van der Waals surface area contributed by atoms with Crippen molar-refractivity contribution in [2.24, 2.45) is 0 Å². The lowest BCUT2D eigenvalue weighted by molar-refractivity contribution is 0.519. The van der Waals surface area contributed by atoms with Gasteiger partial charge in [0.05, 0.1) is 0 Å². The average Bonchev–Trinajstić information content (AvgIpc) is 2.64. The van der Waals surface area contributed by atoms with Crippen LogP contribution in [0.15, 0.2) is 61.2 Å². The number of hydrogen-bond donors (Lipinski definition) is 0. The summed E-state index contributed by atoms with van der Waals surface area (Å²) >= 11 is 0. The predicted molar refractivity (Wildman–Crippen MR) is 102 cm³/mol. The van der Waals surface area contributed by atoms with Gasteiger partial charge in [0, 0.05) is 10.9 Å². The van der Waals surface area contributed by atoms with E-state index in [0.29, 0.717) is 21.9 Å². The van der Waals surface area contributed by atoms with Gasteiger partial charge in [0.1, 0.15) is 0 Å². The molecule has 0 fully saturated rings. The molecule has 0 amide bonds. The van der Waals surface area contributed by atoms with Crippen molar-refractivity contribution in [2.45, 2.75) is 32.6 Å². The summed E-state index contributed by atoms with van der Waals surface area (Å²) < 4.78 is 29.3. The van der Waals surface area contributed by atoms with Gasteiger partial charge in [0.25, 0.3) is 0 Å². The summed E-state index contributed by atoms with van der Waals surface area (Å²) in [6.45, 7) is 5.82. The van der Waals surface area contributed by atoms with E-state index in [1.807, 2.05) is 42.5 Å². The maximum absolute atomic E-state index is 14.7. The molecular weight excluding hydrogens is 314 g/mol. The Hall–Kier alpha value is -2.48. The van der Waals surface area contributed by atoms with E-state index in [0.717, 1.165) is 31.2 Å². The smallest absolute Gasteiger partial charge is 0.167 e. The molecule has 3 aromatic rings. The fourth-order valence-corrected chi connectivity index (χ4v) is 3.15. The maximum atomic E-state index is 14.7. The molecule has 2 heteroatoms. The van der Waals surface area contributed by atoms with Crippen molar-refractivity contribution in [3.05, 3.63) is 83.9 Å². The third-order valence-corrected chi connectivity index (χ3v) is 4.52. The van der Waals surface area contributed by atoms with E-state index in [1.54, 1.807) is 12.1 Å². The SMILES string of the molecule is C=CCCc1ccc2cc(-c3ccc(CCC)cc3)c(F)c(F)c2c1. The minimum absolute atomic E-state index is 0.312. The fourth-order valence-electron chi connectivity index (χ4n) is 3.15. The van der Waals surface area contributed by atoms with Crippen LogP contribution in [0.3, 0.4) is 0 Å². The minimum atomic E-state index is -0.781. The highest BCUT2D eigenvalue weighted by Gasteiger charge is 2.15. The van der Waals surface area contributed by atoms with E-state index < -0.39 is 11.6 Å². The first kappa shape index (κ1) is 17.3. The van der Waals surface area contributed by atoms with Crippen LogP contribution in [0, 0.1) is 11.6 Å². The summed E-state index contributed by atoms with van der Waals surface area (Å²) in [6.07, 6.45) is 5.47. The Morgan fingerprint density at radius 2 is 1.60 bits per heavy atom. The van der Waals surface area contributed by atoms with E-state index in [4.69, 9.17) is 0 Å². The molecule has 0 aromatic heterocycles. The molecule has 3 rings (SSSR count). The summed E-state index contributed by atoms with van der Waals surface area (Å²) in [4.78, 5) is 0. The topological polar surface area (TPSA) is 0 Å². The van der Waals surface area contributed by atoms with Gasteiger partial charge in [0.15, 0.2) is 11.6 Å².